The first-order valence-corrected chi connectivity index (χ1v) is 11.0. The molecule has 0 radical (unpaired) electrons. The van der Waals surface area contributed by atoms with E-state index < -0.39 is 18.2 Å². The number of nitrogens with zero attached hydrogens (tertiary/aromatic N) is 2. The zero-order chi connectivity index (χ0) is 24.1. The van der Waals surface area contributed by atoms with E-state index >= 15 is 0 Å². The summed E-state index contributed by atoms with van der Waals surface area (Å²) < 4.78 is 13.2. The van der Waals surface area contributed by atoms with Gasteiger partial charge in [0.1, 0.15) is 18.1 Å². The molecule has 0 aliphatic rings. The van der Waals surface area contributed by atoms with Gasteiger partial charge in [-0.3, -0.25) is 0 Å². The number of likely N-dealkylation sites (N-methyl/N-ethyl adjacent to an activating group) is 1. The SMILES string of the molecule is COc1cccc(COc2ccc3c(ccn3[C@@H](c3ccccc3)[C@H](O)CN(C)C(=O)O)c2)c1. The number of carboxylic acid groups (broad SMARTS) is 1. The zero-order valence-corrected chi connectivity index (χ0v) is 19.2. The number of carbonyl (C=O) groups is 1. The van der Waals surface area contributed by atoms with Crippen molar-refractivity contribution in [3.8, 4) is 11.5 Å². The molecule has 0 saturated carbocycles. The van der Waals surface area contributed by atoms with Crippen molar-refractivity contribution in [3.63, 3.8) is 0 Å². The third-order valence-corrected chi connectivity index (χ3v) is 5.82. The minimum Gasteiger partial charge on any atom is -0.497 e. The maximum Gasteiger partial charge on any atom is 0.407 e. The lowest BCUT2D eigenvalue weighted by Crippen LogP contribution is -2.38. The van der Waals surface area contributed by atoms with Crippen LogP contribution in [0.2, 0.25) is 0 Å². The van der Waals surface area contributed by atoms with Crippen molar-refractivity contribution in [1.29, 1.82) is 0 Å². The predicted molar refractivity (Wildman–Crippen MR) is 131 cm³/mol. The Labute approximate surface area is 198 Å². The number of fused-ring (bicyclic) bond motifs is 1. The number of hydrogen-bond acceptors (Lipinski definition) is 4. The highest BCUT2D eigenvalue weighted by Crippen LogP contribution is 2.30. The van der Waals surface area contributed by atoms with Crippen LogP contribution in [0.5, 0.6) is 11.5 Å². The van der Waals surface area contributed by atoms with Crippen molar-refractivity contribution in [2.24, 2.45) is 0 Å². The van der Waals surface area contributed by atoms with Crippen LogP contribution in [-0.2, 0) is 6.61 Å². The van der Waals surface area contributed by atoms with E-state index in [1.807, 2.05) is 89.6 Å². The third kappa shape index (κ3) is 5.15. The second-order valence-corrected chi connectivity index (χ2v) is 8.17. The van der Waals surface area contributed by atoms with Crippen molar-refractivity contribution >= 4 is 17.0 Å². The summed E-state index contributed by atoms with van der Waals surface area (Å²) in [5.41, 5.74) is 2.82. The Bertz CT molecular complexity index is 1250. The third-order valence-electron chi connectivity index (χ3n) is 5.82. The fraction of sp³-hybridized carbons (Fsp3) is 0.222. The summed E-state index contributed by atoms with van der Waals surface area (Å²) in [7, 11) is 3.09. The minimum absolute atomic E-state index is 0.0176. The molecule has 2 atom stereocenters. The first kappa shape index (κ1) is 23.2. The van der Waals surface area contributed by atoms with E-state index in [0.717, 1.165) is 38.4 Å². The fourth-order valence-electron chi connectivity index (χ4n) is 4.08. The lowest BCUT2D eigenvalue weighted by atomic mass is 10.0. The second-order valence-electron chi connectivity index (χ2n) is 8.17. The number of aliphatic hydroxyl groups excluding tert-OH is 1. The molecule has 4 rings (SSSR count). The largest absolute Gasteiger partial charge is 0.497 e. The zero-order valence-electron chi connectivity index (χ0n) is 19.2. The fourth-order valence-corrected chi connectivity index (χ4v) is 4.08. The van der Waals surface area contributed by atoms with E-state index in [1.165, 1.54) is 7.05 Å². The summed E-state index contributed by atoms with van der Waals surface area (Å²) in [6, 6.07) is 24.7. The molecular formula is C27H28N2O5. The van der Waals surface area contributed by atoms with Gasteiger partial charge in [0.05, 0.1) is 25.8 Å². The Kier molecular flexibility index (Phi) is 7.04. The topological polar surface area (TPSA) is 84.2 Å². The maximum absolute atomic E-state index is 11.3. The van der Waals surface area contributed by atoms with Crippen LogP contribution in [0.15, 0.2) is 85.1 Å². The van der Waals surface area contributed by atoms with Gasteiger partial charge in [-0.25, -0.2) is 4.79 Å². The van der Waals surface area contributed by atoms with Crippen LogP contribution in [0.4, 0.5) is 4.79 Å². The number of methoxy groups -OCH3 is 1. The van der Waals surface area contributed by atoms with Gasteiger partial charge < -0.3 is 29.2 Å². The number of amides is 1. The number of hydrogen-bond donors (Lipinski definition) is 2. The summed E-state index contributed by atoms with van der Waals surface area (Å²) in [4.78, 5) is 12.4. The van der Waals surface area contributed by atoms with Gasteiger partial charge in [0.15, 0.2) is 0 Å². The molecule has 1 amide bonds. The van der Waals surface area contributed by atoms with E-state index in [1.54, 1.807) is 7.11 Å². The Morgan fingerprint density at radius 1 is 1.00 bits per heavy atom. The number of benzene rings is 3. The highest BCUT2D eigenvalue weighted by atomic mass is 16.5. The number of aliphatic hydroxyl groups is 1. The molecule has 176 valence electrons. The summed E-state index contributed by atoms with van der Waals surface area (Å²) in [5, 5.41) is 21.3. The van der Waals surface area contributed by atoms with Gasteiger partial charge >= 0.3 is 6.09 Å². The number of aromatic nitrogens is 1. The monoisotopic (exact) mass is 460 g/mol. The average molecular weight is 461 g/mol. The lowest BCUT2D eigenvalue weighted by Gasteiger charge is -2.28. The van der Waals surface area contributed by atoms with Gasteiger partial charge in [0.2, 0.25) is 0 Å². The van der Waals surface area contributed by atoms with Crippen molar-refractivity contribution in [3.05, 3.63) is 96.2 Å². The van der Waals surface area contributed by atoms with Gasteiger partial charge in [-0.1, -0.05) is 42.5 Å². The van der Waals surface area contributed by atoms with Crippen molar-refractivity contribution in [2.45, 2.75) is 18.8 Å². The Morgan fingerprint density at radius 2 is 1.79 bits per heavy atom. The molecule has 7 nitrogen and oxygen atoms in total. The first-order chi connectivity index (χ1) is 16.5. The molecule has 0 aliphatic carbocycles. The van der Waals surface area contributed by atoms with Gasteiger partial charge in [-0.15, -0.1) is 0 Å². The number of rotatable bonds is 9. The Morgan fingerprint density at radius 3 is 2.53 bits per heavy atom. The van der Waals surface area contributed by atoms with Gasteiger partial charge in [0, 0.05) is 24.1 Å². The van der Waals surface area contributed by atoms with Crippen molar-refractivity contribution in [1.82, 2.24) is 9.47 Å². The molecule has 0 aliphatic heterocycles. The average Bonchev–Trinajstić information content (AvgIpc) is 3.26. The predicted octanol–water partition coefficient (Wildman–Crippen LogP) is 4.79. The molecule has 1 heterocycles. The van der Waals surface area contributed by atoms with E-state index in [-0.39, 0.29) is 6.54 Å². The molecule has 0 unspecified atom stereocenters. The summed E-state index contributed by atoms with van der Waals surface area (Å²) in [6.45, 7) is 0.395. The standard InChI is InChI=1S/C27H28N2O5/c1-28(27(31)32)17-25(30)26(20-8-4-3-5-9-20)29-14-13-21-16-23(11-12-24(21)29)34-18-19-7-6-10-22(15-19)33-2/h3-16,25-26,30H,17-18H2,1-2H3,(H,31,32)/t25-,26+/m1/s1. The normalized spacial score (nSPS) is 12.8. The van der Waals surface area contributed by atoms with E-state index in [0.29, 0.717) is 6.61 Å². The summed E-state index contributed by atoms with van der Waals surface area (Å²) in [5.74, 6) is 1.52. The molecule has 0 bridgehead atoms. The van der Waals surface area contributed by atoms with Gasteiger partial charge in [-0.2, -0.15) is 0 Å². The Balaban J connectivity index is 1.60. The summed E-state index contributed by atoms with van der Waals surface area (Å²) >= 11 is 0. The molecular weight excluding hydrogens is 432 g/mol. The molecule has 3 aromatic carbocycles. The summed E-state index contributed by atoms with van der Waals surface area (Å²) in [6.07, 6.45) is -0.109. The smallest absolute Gasteiger partial charge is 0.407 e. The van der Waals surface area contributed by atoms with Crippen molar-refractivity contribution < 1.29 is 24.5 Å². The molecule has 0 fully saturated rings. The minimum atomic E-state index is -1.08. The lowest BCUT2D eigenvalue weighted by molar-refractivity contribution is 0.0850. The highest BCUT2D eigenvalue weighted by Gasteiger charge is 2.26. The van der Waals surface area contributed by atoms with Crippen LogP contribution in [0.1, 0.15) is 17.2 Å². The van der Waals surface area contributed by atoms with Crippen LogP contribution >= 0.6 is 0 Å². The van der Waals surface area contributed by atoms with Crippen LogP contribution in [-0.4, -0.2) is 52.6 Å². The van der Waals surface area contributed by atoms with Gasteiger partial charge in [-0.05, 0) is 47.5 Å². The maximum atomic E-state index is 11.3. The number of ether oxygens (including phenoxy) is 2. The first-order valence-electron chi connectivity index (χ1n) is 11.0. The molecule has 7 heteroatoms. The molecule has 0 spiro atoms. The quantitative estimate of drug-likeness (QED) is 0.375. The van der Waals surface area contributed by atoms with Crippen LogP contribution in [0.3, 0.4) is 0 Å². The van der Waals surface area contributed by atoms with E-state index in [2.05, 4.69) is 0 Å². The highest BCUT2D eigenvalue weighted by molar-refractivity contribution is 5.82. The molecule has 2 N–H and O–H groups in total. The van der Waals surface area contributed by atoms with Crippen LogP contribution in [0.25, 0.3) is 10.9 Å². The molecule has 0 saturated heterocycles. The van der Waals surface area contributed by atoms with Crippen molar-refractivity contribution in [2.75, 3.05) is 20.7 Å². The van der Waals surface area contributed by atoms with Crippen LogP contribution < -0.4 is 9.47 Å². The van der Waals surface area contributed by atoms with E-state index in [4.69, 9.17) is 9.47 Å². The van der Waals surface area contributed by atoms with Crippen LogP contribution in [0, 0.1) is 0 Å². The molecule has 34 heavy (non-hydrogen) atoms. The Hall–Kier alpha value is -3.97. The molecule has 4 aromatic rings. The molecule has 1 aromatic heterocycles. The van der Waals surface area contributed by atoms with Gasteiger partial charge in [0.25, 0.3) is 0 Å². The second kappa shape index (κ2) is 10.3. The van der Waals surface area contributed by atoms with E-state index in [9.17, 15) is 15.0 Å².